The van der Waals surface area contributed by atoms with Gasteiger partial charge in [-0.3, -0.25) is 0 Å². The minimum absolute atomic E-state index is 1.27. The van der Waals surface area contributed by atoms with Gasteiger partial charge in [-0.1, -0.05) is 63.3 Å². The molecule has 0 atom stereocenters. The Kier molecular flexibility index (Phi) is 19.8. The minimum Gasteiger partial charge on any atom is -0.0917 e. The molecule has 0 rings (SSSR count). The van der Waals surface area contributed by atoms with E-state index in [0.717, 1.165) is 0 Å². The first-order valence-electron chi connectivity index (χ1n) is 7.43. The van der Waals surface area contributed by atoms with Crippen molar-refractivity contribution < 1.29 is 0 Å². The Labute approximate surface area is 110 Å². The zero-order valence-corrected chi connectivity index (χ0v) is 12.9. The summed E-state index contributed by atoms with van der Waals surface area (Å²) in [6.07, 6.45) is 17.4. The van der Waals surface area contributed by atoms with Crippen LogP contribution in [0, 0.1) is 0 Å². The molecule has 0 aromatic carbocycles. The molecule has 17 heavy (non-hydrogen) atoms. The van der Waals surface area contributed by atoms with Crippen LogP contribution in [0.4, 0.5) is 0 Å². The third-order valence-corrected chi connectivity index (χ3v) is 2.57. The van der Waals surface area contributed by atoms with Crippen LogP contribution in [-0.2, 0) is 0 Å². The van der Waals surface area contributed by atoms with Crippen molar-refractivity contribution in [2.45, 2.75) is 86.0 Å². The van der Waals surface area contributed by atoms with Crippen molar-refractivity contribution in [3.05, 3.63) is 23.8 Å². The Morgan fingerprint density at radius 2 is 1.35 bits per heavy atom. The Hall–Kier alpha value is -0.520. The standard InChI is InChI=1S/C9H18.C8H16/c1-4-5-6-7-8-9(2)3;1-3-5-7-8-6-4-2/h8H,4-7H2,1-3H3;3,5H,4,6-8H2,1-2H3. The average molecular weight is 238 g/mol. The maximum atomic E-state index is 2.32. The maximum absolute atomic E-state index is 2.32. The van der Waals surface area contributed by atoms with E-state index in [9.17, 15) is 0 Å². The van der Waals surface area contributed by atoms with Gasteiger partial charge in [-0.15, -0.1) is 0 Å². The quantitative estimate of drug-likeness (QED) is 0.327. The second-order valence-electron chi connectivity index (χ2n) is 4.84. The van der Waals surface area contributed by atoms with Crippen LogP contribution in [0.25, 0.3) is 0 Å². The van der Waals surface area contributed by atoms with Crippen LogP contribution in [0.1, 0.15) is 86.0 Å². The molecule has 0 radical (unpaired) electrons. The molecule has 0 heterocycles. The molecule has 0 aromatic rings. The Balaban J connectivity index is 0. The van der Waals surface area contributed by atoms with E-state index in [1.54, 1.807) is 0 Å². The number of allylic oxidation sites excluding steroid dienone is 4. The summed E-state index contributed by atoms with van der Waals surface area (Å²) in [4.78, 5) is 0. The zero-order chi connectivity index (χ0) is 13.4. The van der Waals surface area contributed by atoms with E-state index in [4.69, 9.17) is 0 Å². The van der Waals surface area contributed by atoms with Crippen LogP contribution in [-0.4, -0.2) is 0 Å². The lowest BCUT2D eigenvalue weighted by Gasteiger charge is -1.92. The summed E-state index contributed by atoms with van der Waals surface area (Å²) in [6, 6.07) is 0. The van der Waals surface area contributed by atoms with E-state index in [-0.39, 0.29) is 0 Å². The fourth-order valence-electron chi connectivity index (χ4n) is 1.46. The monoisotopic (exact) mass is 238 g/mol. The van der Waals surface area contributed by atoms with Gasteiger partial charge in [0.1, 0.15) is 0 Å². The molecule has 0 aliphatic heterocycles. The van der Waals surface area contributed by atoms with E-state index >= 15 is 0 Å². The van der Waals surface area contributed by atoms with Crippen molar-refractivity contribution >= 4 is 0 Å². The molecular formula is C17H34. The van der Waals surface area contributed by atoms with Crippen LogP contribution in [0.3, 0.4) is 0 Å². The highest BCUT2D eigenvalue weighted by Crippen LogP contribution is 2.01. The fourth-order valence-corrected chi connectivity index (χ4v) is 1.46. The van der Waals surface area contributed by atoms with Gasteiger partial charge >= 0.3 is 0 Å². The number of rotatable bonds is 8. The Morgan fingerprint density at radius 3 is 1.76 bits per heavy atom. The zero-order valence-electron chi connectivity index (χ0n) is 12.9. The van der Waals surface area contributed by atoms with Gasteiger partial charge in [0, 0.05) is 0 Å². The molecule has 0 heteroatoms. The first kappa shape index (κ1) is 18.8. The van der Waals surface area contributed by atoms with Crippen LogP contribution < -0.4 is 0 Å². The summed E-state index contributed by atoms with van der Waals surface area (Å²) < 4.78 is 0. The van der Waals surface area contributed by atoms with E-state index in [1.165, 1.54) is 56.9 Å². The first-order valence-corrected chi connectivity index (χ1v) is 7.43. The van der Waals surface area contributed by atoms with Crippen molar-refractivity contribution in [1.29, 1.82) is 0 Å². The van der Waals surface area contributed by atoms with Crippen LogP contribution in [0.15, 0.2) is 23.8 Å². The van der Waals surface area contributed by atoms with Crippen molar-refractivity contribution in [2.75, 3.05) is 0 Å². The van der Waals surface area contributed by atoms with Gasteiger partial charge in [-0.25, -0.2) is 0 Å². The molecule has 102 valence electrons. The van der Waals surface area contributed by atoms with Crippen LogP contribution in [0.5, 0.6) is 0 Å². The van der Waals surface area contributed by atoms with E-state index in [1.807, 2.05) is 0 Å². The SMILES string of the molecule is CC=CCCCCC.CCCCCC=C(C)C. The summed E-state index contributed by atoms with van der Waals surface area (Å²) in [5.41, 5.74) is 1.45. The largest absolute Gasteiger partial charge is 0.0917 e. The first-order chi connectivity index (χ1) is 8.18. The molecule has 0 fully saturated rings. The molecule has 0 amide bonds. The molecule has 0 aliphatic carbocycles. The minimum atomic E-state index is 1.27. The van der Waals surface area contributed by atoms with Crippen molar-refractivity contribution in [3.63, 3.8) is 0 Å². The van der Waals surface area contributed by atoms with Gasteiger partial charge in [-0.2, -0.15) is 0 Å². The van der Waals surface area contributed by atoms with E-state index < -0.39 is 0 Å². The lowest BCUT2D eigenvalue weighted by atomic mass is 10.2. The smallest absolute Gasteiger partial charge is 0.0348 e. The van der Waals surface area contributed by atoms with Gasteiger partial charge < -0.3 is 0 Å². The molecule has 0 saturated heterocycles. The molecule has 0 nitrogen and oxygen atoms in total. The fraction of sp³-hybridized carbons (Fsp3) is 0.765. The van der Waals surface area contributed by atoms with Gasteiger partial charge in [0.25, 0.3) is 0 Å². The summed E-state index contributed by atoms with van der Waals surface area (Å²) in [5.74, 6) is 0. The molecule has 0 spiro atoms. The summed E-state index contributed by atoms with van der Waals surface area (Å²) in [7, 11) is 0. The predicted molar refractivity (Wildman–Crippen MR) is 82.5 cm³/mol. The average Bonchev–Trinajstić information content (AvgIpc) is 2.31. The topological polar surface area (TPSA) is 0 Å². The molecule has 0 aliphatic rings. The number of unbranched alkanes of at least 4 members (excludes halogenated alkanes) is 6. The predicted octanol–water partition coefficient (Wildman–Crippen LogP) is 6.68. The molecule has 0 bridgehead atoms. The molecular weight excluding hydrogens is 204 g/mol. The molecule has 0 saturated carbocycles. The number of hydrogen-bond donors (Lipinski definition) is 0. The lowest BCUT2D eigenvalue weighted by molar-refractivity contribution is 0.727. The second kappa shape index (κ2) is 17.9. The second-order valence-corrected chi connectivity index (χ2v) is 4.84. The van der Waals surface area contributed by atoms with Gasteiger partial charge in [0.2, 0.25) is 0 Å². The van der Waals surface area contributed by atoms with Crippen molar-refractivity contribution in [2.24, 2.45) is 0 Å². The van der Waals surface area contributed by atoms with Crippen LogP contribution >= 0.6 is 0 Å². The van der Waals surface area contributed by atoms with Gasteiger partial charge in [0.05, 0.1) is 0 Å². The molecule has 0 N–H and O–H groups in total. The third-order valence-electron chi connectivity index (χ3n) is 2.57. The third kappa shape index (κ3) is 25.6. The van der Waals surface area contributed by atoms with Crippen molar-refractivity contribution in [1.82, 2.24) is 0 Å². The van der Waals surface area contributed by atoms with Crippen molar-refractivity contribution in [3.8, 4) is 0 Å². The summed E-state index contributed by atoms with van der Waals surface area (Å²) >= 11 is 0. The summed E-state index contributed by atoms with van der Waals surface area (Å²) in [6.45, 7) is 10.9. The Bertz CT molecular complexity index is 170. The normalized spacial score (nSPS) is 9.94. The highest BCUT2D eigenvalue weighted by molar-refractivity contribution is 4.92. The highest BCUT2D eigenvalue weighted by Gasteiger charge is 1.81. The Morgan fingerprint density at radius 1 is 0.824 bits per heavy atom. The van der Waals surface area contributed by atoms with Crippen LogP contribution in [0.2, 0.25) is 0 Å². The number of hydrogen-bond acceptors (Lipinski definition) is 0. The van der Waals surface area contributed by atoms with E-state index in [0.29, 0.717) is 0 Å². The molecule has 0 aromatic heterocycles. The maximum Gasteiger partial charge on any atom is -0.0348 e. The molecule has 0 unspecified atom stereocenters. The highest BCUT2D eigenvalue weighted by atomic mass is 13.9. The summed E-state index contributed by atoms with van der Waals surface area (Å²) in [5, 5.41) is 0. The van der Waals surface area contributed by atoms with Gasteiger partial charge in [0.15, 0.2) is 0 Å². The van der Waals surface area contributed by atoms with Gasteiger partial charge in [-0.05, 0) is 46.5 Å². The van der Waals surface area contributed by atoms with E-state index in [2.05, 4.69) is 52.8 Å². The lowest BCUT2D eigenvalue weighted by Crippen LogP contribution is -1.71.